The number of nitrogens with two attached hydrogens (primary N) is 1. The molecule has 0 aromatic carbocycles. The number of carbonyl (C=O) groups excluding carboxylic acids is 1. The van der Waals surface area contributed by atoms with Crippen molar-refractivity contribution >= 4 is 5.97 Å². The van der Waals surface area contributed by atoms with Crippen LogP contribution in [0.3, 0.4) is 0 Å². The summed E-state index contributed by atoms with van der Waals surface area (Å²) in [6, 6.07) is 0.242. The fourth-order valence-electron chi connectivity index (χ4n) is 2.14. The molecule has 0 amide bonds. The van der Waals surface area contributed by atoms with E-state index in [1.165, 1.54) is 0 Å². The van der Waals surface area contributed by atoms with E-state index in [9.17, 15) is 4.79 Å². The van der Waals surface area contributed by atoms with Gasteiger partial charge in [0.15, 0.2) is 6.10 Å². The Morgan fingerprint density at radius 2 is 2.21 bits per heavy atom. The average Bonchev–Trinajstić information content (AvgIpc) is 2.52. The fraction of sp³-hybridized carbons (Fsp3) is 0.900. The first-order valence-corrected chi connectivity index (χ1v) is 5.33. The van der Waals surface area contributed by atoms with Gasteiger partial charge < -0.3 is 15.2 Å². The van der Waals surface area contributed by atoms with Gasteiger partial charge in [-0.1, -0.05) is 0 Å². The first-order chi connectivity index (χ1) is 6.75. The Balaban J connectivity index is 1.81. The predicted molar refractivity (Wildman–Crippen MR) is 50.7 cm³/mol. The smallest absolute Gasteiger partial charge is 0.335 e. The number of esters is 1. The number of hydrogen-bond donors (Lipinski definition) is 1. The van der Waals surface area contributed by atoms with Crippen LogP contribution in [0.15, 0.2) is 0 Å². The van der Waals surface area contributed by atoms with E-state index in [0.29, 0.717) is 13.0 Å². The van der Waals surface area contributed by atoms with Crippen LogP contribution >= 0.6 is 0 Å². The third kappa shape index (κ3) is 2.25. The lowest BCUT2D eigenvalue weighted by Crippen LogP contribution is -2.35. The van der Waals surface area contributed by atoms with Crippen LogP contribution in [0.1, 0.15) is 32.1 Å². The minimum absolute atomic E-state index is 0.161. The lowest BCUT2D eigenvalue weighted by Gasteiger charge is -2.27. The summed E-state index contributed by atoms with van der Waals surface area (Å²) in [5, 5.41) is 0. The van der Waals surface area contributed by atoms with Gasteiger partial charge in [-0.05, 0) is 25.7 Å². The van der Waals surface area contributed by atoms with Gasteiger partial charge in [0.1, 0.15) is 0 Å². The summed E-state index contributed by atoms with van der Waals surface area (Å²) in [7, 11) is 0. The van der Waals surface area contributed by atoms with Crippen LogP contribution in [0.2, 0.25) is 0 Å². The van der Waals surface area contributed by atoms with Crippen LogP contribution < -0.4 is 5.73 Å². The Morgan fingerprint density at radius 1 is 1.36 bits per heavy atom. The Hall–Kier alpha value is -0.610. The molecule has 14 heavy (non-hydrogen) atoms. The number of rotatable bonds is 2. The highest BCUT2D eigenvalue weighted by Gasteiger charge is 2.31. The summed E-state index contributed by atoms with van der Waals surface area (Å²) in [5.74, 6) is -0.204. The second-order valence-corrected chi connectivity index (χ2v) is 4.13. The van der Waals surface area contributed by atoms with E-state index in [4.69, 9.17) is 15.2 Å². The molecule has 3 atom stereocenters. The molecule has 0 spiro atoms. The van der Waals surface area contributed by atoms with E-state index in [-0.39, 0.29) is 24.2 Å². The lowest BCUT2D eigenvalue weighted by molar-refractivity contribution is -0.151. The molecule has 80 valence electrons. The Bertz CT molecular complexity index is 219. The third-order valence-electron chi connectivity index (χ3n) is 2.91. The van der Waals surface area contributed by atoms with Gasteiger partial charge in [-0.2, -0.15) is 0 Å². The largest absolute Gasteiger partial charge is 0.464 e. The summed E-state index contributed by atoms with van der Waals surface area (Å²) >= 11 is 0. The zero-order valence-electron chi connectivity index (χ0n) is 8.28. The van der Waals surface area contributed by atoms with Gasteiger partial charge in [0, 0.05) is 12.5 Å². The summed E-state index contributed by atoms with van der Waals surface area (Å²) in [6.45, 7) is 0.502. The molecule has 1 saturated heterocycles. The predicted octanol–water partition coefficient (Wildman–Crippen LogP) is 0.588. The molecule has 0 radical (unpaired) electrons. The molecular formula is C10H17NO3. The van der Waals surface area contributed by atoms with Gasteiger partial charge in [0.05, 0.1) is 12.7 Å². The number of hydrogen-bond acceptors (Lipinski definition) is 4. The van der Waals surface area contributed by atoms with Crippen molar-refractivity contribution in [2.75, 3.05) is 6.61 Å². The van der Waals surface area contributed by atoms with Crippen molar-refractivity contribution in [3.8, 4) is 0 Å². The maximum Gasteiger partial charge on any atom is 0.335 e. The molecule has 0 aromatic rings. The SMILES string of the molecule is NC1CCCC(OC2CCOC2=O)C1. The quantitative estimate of drug-likeness (QED) is 0.661. The van der Waals surface area contributed by atoms with Crippen molar-refractivity contribution in [1.82, 2.24) is 0 Å². The van der Waals surface area contributed by atoms with Crippen LogP contribution in [0.5, 0.6) is 0 Å². The number of cyclic esters (lactones) is 1. The van der Waals surface area contributed by atoms with Crippen molar-refractivity contribution in [2.24, 2.45) is 5.73 Å². The van der Waals surface area contributed by atoms with E-state index in [2.05, 4.69) is 0 Å². The molecule has 4 heteroatoms. The third-order valence-corrected chi connectivity index (χ3v) is 2.91. The van der Waals surface area contributed by atoms with Crippen LogP contribution in [-0.4, -0.2) is 30.8 Å². The van der Waals surface area contributed by atoms with Gasteiger partial charge in [-0.25, -0.2) is 4.79 Å². The summed E-state index contributed by atoms with van der Waals surface area (Å²) in [6.07, 6.45) is 4.62. The van der Waals surface area contributed by atoms with Crippen molar-refractivity contribution in [3.63, 3.8) is 0 Å². The normalized spacial score (nSPS) is 38.4. The van der Waals surface area contributed by atoms with Crippen molar-refractivity contribution < 1.29 is 14.3 Å². The van der Waals surface area contributed by atoms with Gasteiger partial charge in [0.2, 0.25) is 0 Å². The highest BCUT2D eigenvalue weighted by molar-refractivity contribution is 5.76. The molecule has 1 heterocycles. The topological polar surface area (TPSA) is 61.6 Å². The highest BCUT2D eigenvalue weighted by Crippen LogP contribution is 2.23. The zero-order chi connectivity index (χ0) is 9.97. The van der Waals surface area contributed by atoms with Crippen molar-refractivity contribution in [3.05, 3.63) is 0 Å². The first-order valence-electron chi connectivity index (χ1n) is 5.33. The second kappa shape index (κ2) is 4.28. The fourth-order valence-corrected chi connectivity index (χ4v) is 2.14. The van der Waals surface area contributed by atoms with E-state index in [1.807, 2.05) is 0 Å². The molecule has 0 aromatic heterocycles. The molecule has 2 rings (SSSR count). The van der Waals surface area contributed by atoms with E-state index >= 15 is 0 Å². The number of carbonyl (C=O) groups is 1. The van der Waals surface area contributed by atoms with E-state index in [0.717, 1.165) is 25.7 Å². The Labute approximate surface area is 83.7 Å². The molecular weight excluding hydrogens is 182 g/mol. The molecule has 0 bridgehead atoms. The summed E-state index contributed by atoms with van der Waals surface area (Å²) in [5.41, 5.74) is 5.84. The lowest BCUT2D eigenvalue weighted by atomic mass is 9.93. The number of ether oxygens (including phenoxy) is 2. The molecule has 2 aliphatic rings. The highest BCUT2D eigenvalue weighted by atomic mass is 16.6. The van der Waals surface area contributed by atoms with Crippen molar-refractivity contribution in [2.45, 2.75) is 50.4 Å². The molecule has 3 unspecified atom stereocenters. The molecule has 4 nitrogen and oxygen atoms in total. The molecule has 1 aliphatic heterocycles. The Morgan fingerprint density at radius 3 is 2.86 bits per heavy atom. The first kappa shape index (κ1) is 9.93. The van der Waals surface area contributed by atoms with Gasteiger partial charge in [-0.15, -0.1) is 0 Å². The van der Waals surface area contributed by atoms with Gasteiger partial charge in [0.25, 0.3) is 0 Å². The van der Waals surface area contributed by atoms with Crippen LogP contribution in [0, 0.1) is 0 Å². The molecule has 2 N–H and O–H groups in total. The zero-order valence-corrected chi connectivity index (χ0v) is 8.28. The molecule has 2 fully saturated rings. The van der Waals surface area contributed by atoms with Crippen molar-refractivity contribution in [1.29, 1.82) is 0 Å². The van der Waals surface area contributed by atoms with E-state index < -0.39 is 0 Å². The maximum atomic E-state index is 11.2. The Kier molecular flexibility index (Phi) is 3.03. The van der Waals surface area contributed by atoms with E-state index in [1.54, 1.807) is 0 Å². The minimum atomic E-state index is -0.328. The van der Waals surface area contributed by atoms with Gasteiger partial charge in [-0.3, -0.25) is 0 Å². The second-order valence-electron chi connectivity index (χ2n) is 4.13. The minimum Gasteiger partial charge on any atom is -0.464 e. The van der Waals surface area contributed by atoms with Crippen LogP contribution in [-0.2, 0) is 14.3 Å². The van der Waals surface area contributed by atoms with Gasteiger partial charge >= 0.3 is 5.97 Å². The van der Waals surface area contributed by atoms with Crippen LogP contribution in [0.4, 0.5) is 0 Å². The average molecular weight is 199 g/mol. The standard InChI is InChI=1S/C10H17NO3/c11-7-2-1-3-8(6-7)14-9-4-5-13-10(9)12/h7-9H,1-6,11H2. The van der Waals surface area contributed by atoms with Crippen LogP contribution in [0.25, 0.3) is 0 Å². The monoisotopic (exact) mass is 199 g/mol. The molecule has 1 aliphatic carbocycles. The summed E-state index contributed by atoms with van der Waals surface area (Å²) in [4.78, 5) is 11.2. The summed E-state index contributed by atoms with van der Waals surface area (Å²) < 4.78 is 10.5. The maximum absolute atomic E-state index is 11.2. The molecule has 1 saturated carbocycles.